The van der Waals surface area contributed by atoms with Crippen LogP contribution in [0.4, 0.5) is 0 Å². The van der Waals surface area contributed by atoms with Gasteiger partial charge in [0, 0.05) is 18.2 Å². The molecule has 0 spiro atoms. The highest BCUT2D eigenvalue weighted by atomic mass is 35.5. The molecule has 0 saturated heterocycles. The summed E-state index contributed by atoms with van der Waals surface area (Å²) in [5.74, 6) is 0. The predicted octanol–water partition coefficient (Wildman–Crippen LogP) is 2.16. The number of furan rings is 1. The van der Waals surface area contributed by atoms with Gasteiger partial charge >= 0.3 is 0 Å². The van der Waals surface area contributed by atoms with Gasteiger partial charge in [-0.1, -0.05) is 0 Å². The largest absolute Gasteiger partial charge is 0.453 e. The van der Waals surface area contributed by atoms with Gasteiger partial charge in [0.15, 0.2) is 5.22 Å². The Balaban J connectivity index is 1.49. The molecule has 1 aliphatic carbocycles. The summed E-state index contributed by atoms with van der Waals surface area (Å²) in [5, 5.41) is 7.31. The summed E-state index contributed by atoms with van der Waals surface area (Å²) in [6.45, 7) is 2.91. The number of hydrogen-bond acceptors (Lipinski definition) is 3. The van der Waals surface area contributed by atoms with Crippen molar-refractivity contribution in [3.05, 3.63) is 23.1 Å². The van der Waals surface area contributed by atoms with Crippen molar-refractivity contribution in [2.45, 2.75) is 31.8 Å². The zero-order valence-corrected chi connectivity index (χ0v) is 9.52. The van der Waals surface area contributed by atoms with E-state index in [2.05, 4.69) is 10.6 Å². The maximum absolute atomic E-state index is 5.81. The molecule has 1 aromatic heterocycles. The van der Waals surface area contributed by atoms with Gasteiger partial charge in [-0.3, -0.25) is 0 Å². The minimum Gasteiger partial charge on any atom is -0.453 e. The highest BCUT2D eigenvalue weighted by Crippen LogP contribution is 2.18. The van der Waals surface area contributed by atoms with E-state index in [1.807, 2.05) is 6.07 Å². The average Bonchev–Trinajstić information content (AvgIpc) is 2.96. The first-order chi connectivity index (χ1) is 7.36. The highest BCUT2D eigenvalue weighted by Gasteiger charge is 2.19. The van der Waals surface area contributed by atoms with E-state index in [0.29, 0.717) is 5.22 Å². The van der Waals surface area contributed by atoms with Crippen LogP contribution in [0.15, 0.2) is 16.7 Å². The second kappa shape index (κ2) is 5.54. The topological polar surface area (TPSA) is 37.2 Å². The maximum atomic E-state index is 5.81. The number of hydrogen-bond donors (Lipinski definition) is 2. The first-order valence-corrected chi connectivity index (χ1v) is 5.90. The van der Waals surface area contributed by atoms with E-state index in [4.69, 9.17) is 16.0 Å². The molecule has 84 valence electrons. The molecule has 0 bridgehead atoms. The van der Waals surface area contributed by atoms with Crippen molar-refractivity contribution in [2.24, 2.45) is 0 Å². The molecule has 2 N–H and O–H groups in total. The van der Waals surface area contributed by atoms with Crippen LogP contribution < -0.4 is 10.6 Å². The van der Waals surface area contributed by atoms with Gasteiger partial charge in [-0.05, 0) is 50.0 Å². The van der Waals surface area contributed by atoms with Crippen LogP contribution in [0.25, 0.3) is 0 Å². The molecule has 1 aliphatic rings. The van der Waals surface area contributed by atoms with Crippen molar-refractivity contribution >= 4 is 11.6 Å². The fourth-order valence-electron chi connectivity index (χ4n) is 1.48. The number of rotatable bonds is 7. The van der Waals surface area contributed by atoms with Crippen LogP contribution in [0.1, 0.15) is 24.8 Å². The highest BCUT2D eigenvalue weighted by molar-refractivity contribution is 6.29. The SMILES string of the molecule is Clc1occc1CNCCCNC1CC1. The second-order valence-electron chi connectivity index (χ2n) is 3.98. The molecule has 0 unspecified atom stereocenters. The quantitative estimate of drug-likeness (QED) is 0.703. The zero-order chi connectivity index (χ0) is 10.5. The molecular formula is C11H17ClN2O. The van der Waals surface area contributed by atoms with Crippen molar-refractivity contribution in [3.63, 3.8) is 0 Å². The van der Waals surface area contributed by atoms with Gasteiger partial charge in [0.1, 0.15) is 0 Å². The zero-order valence-electron chi connectivity index (χ0n) is 8.76. The Labute approximate surface area is 95.2 Å². The third-order valence-corrected chi connectivity index (χ3v) is 2.88. The predicted molar refractivity (Wildman–Crippen MR) is 61.1 cm³/mol. The monoisotopic (exact) mass is 228 g/mol. The van der Waals surface area contributed by atoms with E-state index in [1.54, 1.807) is 6.26 Å². The van der Waals surface area contributed by atoms with Crippen LogP contribution >= 0.6 is 11.6 Å². The van der Waals surface area contributed by atoms with E-state index < -0.39 is 0 Å². The van der Waals surface area contributed by atoms with E-state index in [1.165, 1.54) is 12.8 Å². The van der Waals surface area contributed by atoms with Crippen LogP contribution in [-0.4, -0.2) is 19.1 Å². The van der Waals surface area contributed by atoms with E-state index in [-0.39, 0.29) is 0 Å². The molecule has 1 aromatic rings. The molecule has 1 saturated carbocycles. The Hall–Kier alpha value is -0.510. The third-order valence-electron chi connectivity index (χ3n) is 2.55. The summed E-state index contributed by atoms with van der Waals surface area (Å²) in [6, 6.07) is 2.71. The summed E-state index contributed by atoms with van der Waals surface area (Å²) >= 11 is 5.81. The first-order valence-electron chi connectivity index (χ1n) is 5.52. The average molecular weight is 229 g/mol. The summed E-state index contributed by atoms with van der Waals surface area (Å²) in [6.07, 6.45) is 5.50. The van der Waals surface area contributed by atoms with E-state index in [0.717, 1.165) is 37.7 Å². The third kappa shape index (κ3) is 3.86. The Bertz CT molecular complexity index is 297. The van der Waals surface area contributed by atoms with Crippen LogP contribution in [0, 0.1) is 0 Å². The molecule has 1 fully saturated rings. The summed E-state index contributed by atoms with van der Waals surface area (Å²) in [5.41, 5.74) is 1.03. The molecule has 0 aromatic carbocycles. The minimum atomic E-state index is 0.499. The lowest BCUT2D eigenvalue weighted by Gasteiger charge is -2.04. The van der Waals surface area contributed by atoms with Gasteiger partial charge in [0.25, 0.3) is 0 Å². The van der Waals surface area contributed by atoms with E-state index >= 15 is 0 Å². The van der Waals surface area contributed by atoms with Gasteiger partial charge in [-0.25, -0.2) is 0 Å². The smallest absolute Gasteiger partial charge is 0.197 e. The maximum Gasteiger partial charge on any atom is 0.197 e. The second-order valence-corrected chi connectivity index (χ2v) is 4.32. The molecule has 2 rings (SSSR count). The normalized spacial score (nSPS) is 15.8. The minimum absolute atomic E-state index is 0.499. The van der Waals surface area contributed by atoms with Crippen LogP contribution in [0.3, 0.4) is 0 Å². The van der Waals surface area contributed by atoms with Crippen molar-refractivity contribution in [2.75, 3.05) is 13.1 Å². The molecule has 3 nitrogen and oxygen atoms in total. The van der Waals surface area contributed by atoms with Gasteiger partial charge in [-0.15, -0.1) is 0 Å². The molecule has 15 heavy (non-hydrogen) atoms. The van der Waals surface area contributed by atoms with Gasteiger partial charge < -0.3 is 15.1 Å². The standard InChI is InChI=1S/C11H17ClN2O/c12-11-9(4-7-15-11)8-13-5-1-6-14-10-2-3-10/h4,7,10,13-14H,1-3,5-6,8H2. The lowest BCUT2D eigenvalue weighted by Crippen LogP contribution is -2.23. The van der Waals surface area contributed by atoms with Gasteiger partial charge in [0.2, 0.25) is 0 Å². The molecular weight excluding hydrogens is 212 g/mol. The molecule has 4 heteroatoms. The van der Waals surface area contributed by atoms with Crippen molar-refractivity contribution in [1.82, 2.24) is 10.6 Å². The van der Waals surface area contributed by atoms with Gasteiger partial charge in [-0.2, -0.15) is 0 Å². The number of halogens is 1. The lowest BCUT2D eigenvalue weighted by molar-refractivity contribution is 0.558. The summed E-state index contributed by atoms with van der Waals surface area (Å²) in [7, 11) is 0. The Kier molecular flexibility index (Phi) is 4.06. The molecule has 0 atom stereocenters. The van der Waals surface area contributed by atoms with Crippen LogP contribution in [-0.2, 0) is 6.54 Å². The Morgan fingerprint density at radius 1 is 1.40 bits per heavy atom. The fourth-order valence-corrected chi connectivity index (χ4v) is 1.66. The number of nitrogens with one attached hydrogen (secondary N) is 2. The molecule has 0 amide bonds. The van der Waals surface area contributed by atoms with Crippen molar-refractivity contribution in [3.8, 4) is 0 Å². The fraction of sp³-hybridized carbons (Fsp3) is 0.636. The summed E-state index contributed by atoms with van der Waals surface area (Å²) < 4.78 is 5.00. The van der Waals surface area contributed by atoms with Crippen molar-refractivity contribution < 1.29 is 4.42 Å². The first kappa shape index (κ1) is 11.0. The van der Waals surface area contributed by atoms with Crippen LogP contribution in [0.2, 0.25) is 5.22 Å². The van der Waals surface area contributed by atoms with Gasteiger partial charge in [0.05, 0.1) is 6.26 Å². The Morgan fingerprint density at radius 3 is 2.93 bits per heavy atom. The van der Waals surface area contributed by atoms with Crippen LogP contribution in [0.5, 0.6) is 0 Å². The van der Waals surface area contributed by atoms with E-state index in [9.17, 15) is 0 Å². The molecule has 0 aliphatic heterocycles. The Morgan fingerprint density at radius 2 is 2.27 bits per heavy atom. The van der Waals surface area contributed by atoms with Crippen molar-refractivity contribution in [1.29, 1.82) is 0 Å². The molecule has 0 radical (unpaired) electrons. The molecule has 1 heterocycles. The summed E-state index contributed by atoms with van der Waals surface area (Å²) in [4.78, 5) is 0. The lowest BCUT2D eigenvalue weighted by atomic mass is 10.3.